The third kappa shape index (κ3) is 4.50. The van der Waals surface area contributed by atoms with Gasteiger partial charge in [0, 0.05) is 18.5 Å². The summed E-state index contributed by atoms with van der Waals surface area (Å²) >= 11 is 0. The Morgan fingerprint density at radius 2 is 1.85 bits per heavy atom. The fourth-order valence-corrected chi connectivity index (χ4v) is 4.00. The zero-order valence-electron chi connectivity index (χ0n) is 19.2. The normalized spacial score (nSPS) is 16.5. The molecule has 1 unspecified atom stereocenters. The summed E-state index contributed by atoms with van der Waals surface area (Å²) in [6.45, 7) is 4.81. The number of benzene rings is 2. The Labute approximate surface area is 192 Å². The van der Waals surface area contributed by atoms with Crippen LogP contribution in [0, 0.1) is 0 Å². The van der Waals surface area contributed by atoms with Gasteiger partial charge in [0.15, 0.2) is 11.5 Å². The number of carbonyl (C=O) groups excluding carboxylic acids is 2. The molecule has 1 aromatic heterocycles. The van der Waals surface area contributed by atoms with E-state index in [9.17, 15) is 14.7 Å². The summed E-state index contributed by atoms with van der Waals surface area (Å²) in [4.78, 5) is 30.0. The highest BCUT2D eigenvalue weighted by atomic mass is 16.5. The Morgan fingerprint density at radius 3 is 2.48 bits per heavy atom. The van der Waals surface area contributed by atoms with Gasteiger partial charge in [-0.2, -0.15) is 0 Å². The lowest BCUT2D eigenvalue weighted by molar-refractivity contribution is -0.129. The summed E-state index contributed by atoms with van der Waals surface area (Å²) in [5.74, 6) is -0.825. The van der Waals surface area contributed by atoms with E-state index in [1.807, 2.05) is 75.3 Å². The fourth-order valence-electron chi connectivity index (χ4n) is 4.00. The lowest BCUT2D eigenvalue weighted by Crippen LogP contribution is -2.36. The number of hydrogen-bond donors (Lipinski definition) is 1. The number of aliphatic hydroxyl groups excluding tert-OH is 1. The average molecular weight is 449 g/mol. The second-order valence-corrected chi connectivity index (χ2v) is 8.68. The number of nitrogens with zero attached hydrogens (tertiary/aromatic N) is 2. The maximum Gasteiger partial charge on any atom is 0.290 e. The molecule has 2 heterocycles. The van der Waals surface area contributed by atoms with Gasteiger partial charge in [-0.05, 0) is 57.8 Å². The van der Waals surface area contributed by atoms with Gasteiger partial charge in [-0.3, -0.25) is 9.59 Å². The van der Waals surface area contributed by atoms with E-state index in [4.69, 9.17) is 9.15 Å². The van der Waals surface area contributed by atoms with E-state index in [0.717, 1.165) is 5.39 Å². The minimum Gasteiger partial charge on any atom is -0.503 e. The largest absolute Gasteiger partial charge is 0.503 e. The van der Waals surface area contributed by atoms with Crippen molar-refractivity contribution in [2.45, 2.75) is 26.0 Å². The standard InChI is InChI=1S/C26H28N2O5/c1-16(2)32-19-11-9-17(10-12-19)23-22(25(30)26(31)28(23)14-13-27(3)4)24(29)21-15-18-7-5-6-8-20(18)33-21/h5-12,15-16,23,30H,13-14H2,1-4H3. The number of ether oxygens (including phenoxy) is 1. The van der Waals surface area contributed by atoms with Crippen molar-refractivity contribution in [2.75, 3.05) is 27.2 Å². The number of fused-ring (bicyclic) bond motifs is 1. The first kappa shape index (κ1) is 22.6. The molecule has 0 fully saturated rings. The molecule has 1 aliphatic heterocycles. The molecule has 0 spiro atoms. The zero-order valence-corrected chi connectivity index (χ0v) is 19.2. The molecule has 1 amide bonds. The summed E-state index contributed by atoms with van der Waals surface area (Å²) in [5.41, 5.74) is 1.30. The highest BCUT2D eigenvalue weighted by Crippen LogP contribution is 2.40. The first-order chi connectivity index (χ1) is 15.8. The van der Waals surface area contributed by atoms with Crippen LogP contribution in [0.15, 0.2) is 70.3 Å². The quantitative estimate of drug-likeness (QED) is 0.516. The molecular weight excluding hydrogens is 420 g/mol. The number of likely N-dealkylation sites (N-methyl/N-ethyl adjacent to an activating group) is 1. The predicted molar refractivity (Wildman–Crippen MR) is 125 cm³/mol. The second kappa shape index (κ2) is 9.11. The van der Waals surface area contributed by atoms with Crippen LogP contribution in [0.2, 0.25) is 0 Å². The highest BCUT2D eigenvalue weighted by molar-refractivity contribution is 6.16. The van der Waals surface area contributed by atoms with Gasteiger partial charge in [-0.25, -0.2) is 0 Å². The third-order valence-corrected chi connectivity index (χ3v) is 5.55. The third-order valence-electron chi connectivity index (χ3n) is 5.55. The maximum atomic E-state index is 13.5. The fraction of sp³-hybridized carbons (Fsp3) is 0.308. The molecule has 7 nitrogen and oxygen atoms in total. The summed E-state index contributed by atoms with van der Waals surface area (Å²) in [5, 5.41) is 11.6. The van der Waals surface area contributed by atoms with E-state index in [1.54, 1.807) is 12.1 Å². The average Bonchev–Trinajstić information content (AvgIpc) is 3.31. The van der Waals surface area contributed by atoms with Gasteiger partial charge in [0.2, 0.25) is 5.78 Å². The van der Waals surface area contributed by atoms with Gasteiger partial charge in [-0.1, -0.05) is 30.3 Å². The van der Waals surface area contributed by atoms with E-state index < -0.39 is 23.5 Å². The lowest BCUT2D eigenvalue weighted by atomic mass is 9.95. The van der Waals surface area contributed by atoms with Crippen molar-refractivity contribution in [3.05, 3.63) is 77.3 Å². The van der Waals surface area contributed by atoms with Crippen molar-refractivity contribution in [1.29, 1.82) is 0 Å². The predicted octanol–water partition coefficient (Wildman–Crippen LogP) is 4.36. The molecule has 1 aliphatic rings. The maximum absolute atomic E-state index is 13.5. The van der Waals surface area contributed by atoms with Gasteiger partial charge in [-0.15, -0.1) is 0 Å². The number of aliphatic hydroxyl groups is 1. The molecule has 0 radical (unpaired) electrons. The molecule has 0 saturated heterocycles. The van der Waals surface area contributed by atoms with E-state index >= 15 is 0 Å². The van der Waals surface area contributed by atoms with Crippen LogP contribution in [0.1, 0.15) is 36.0 Å². The molecule has 0 saturated carbocycles. The summed E-state index contributed by atoms with van der Waals surface area (Å²) < 4.78 is 11.5. The summed E-state index contributed by atoms with van der Waals surface area (Å²) in [6, 6.07) is 15.5. The van der Waals surface area contributed by atoms with Crippen LogP contribution in [-0.4, -0.2) is 59.9 Å². The van der Waals surface area contributed by atoms with Crippen LogP contribution in [0.4, 0.5) is 0 Å². The molecule has 2 aromatic carbocycles. The Morgan fingerprint density at radius 1 is 1.15 bits per heavy atom. The van der Waals surface area contributed by atoms with Crippen LogP contribution >= 0.6 is 0 Å². The Bertz CT molecular complexity index is 1170. The summed E-state index contributed by atoms with van der Waals surface area (Å²) in [6.07, 6.45) is 0.0228. The monoisotopic (exact) mass is 448 g/mol. The Kier molecular flexibility index (Phi) is 6.24. The van der Waals surface area contributed by atoms with E-state index in [-0.39, 0.29) is 17.4 Å². The van der Waals surface area contributed by atoms with E-state index in [1.165, 1.54) is 4.90 Å². The molecule has 172 valence electrons. The molecule has 4 rings (SSSR count). The van der Waals surface area contributed by atoms with Gasteiger partial charge < -0.3 is 24.1 Å². The molecule has 0 bridgehead atoms. The van der Waals surface area contributed by atoms with Crippen LogP contribution in [0.3, 0.4) is 0 Å². The van der Waals surface area contributed by atoms with Crippen LogP contribution in [0.5, 0.6) is 5.75 Å². The molecule has 7 heteroatoms. The molecule has 3 aromatic rings. The SMILES string of the molecule is CC(C)Oc1ccc(C2C(C(=O)c3cc4ccccc4o3)=C(O)C(=O)N2CCN(C)C)cc1. The molecule has 0 aliphatic carbocycles. The first-order valence-electron chi connectivity index (χ1n) is 10.9. The number of para-hydroxylation sites is 1. The van der Waals surface area contributed by atoms with Gasteiger partial charge in [0.25, 0.3) is 5.91 Å². The van der Waals surface area contributed by atoms with Gasteiger partial charge in [0.05, 0.1) is 17.7 Å². The smallest absolute Gasteiger partial charge is 0.290 e. The van der Waals surface area contributed by atoms with Gasteiger partial charge in [0.1, 0.15) is 11.3 Å². The summed E-state index contributed by atoms with van der Waals surface area (Å²) in [7, 11) is 3.81. The lowest BCUT2D eigenvalue weighted by Gasteiger charge is -2.28. The topological polar surface area (TPSA) is 83.2 Å². The number of carbonyl (C=O) groups is 2. The zero-order chi connectivity index (χ0) is 23.7. The first-order valence-corrected chi connectivity index (χ1v) is 10.9. The number of amides is 1. The van der Waals surface area contributed by atoms with Crippen LogP contribution < -0.4 is 4.74 Å². The van der Waals surface area contributed by atoms with Crippen LogP contribution in [-0.2, 0) is 4.79 Å². The van der Waals surface area contributed by atoms with Crippen molar-refractivity contribution >= 4 is 22.7 Å². The number of hydrogen-bond acceptors (Lipinski definition) is 6. The Balaban J connectivity index is 1.75. The number of furan rings is 1. The number of rotatable bonds is 8. The molecular formula is C26H28N2O5. The van der Waals surface area contributed by atoms with E-state index in [2.05, 4.69) is 0 Å². The Hall–Kier alpha value is -3.58. The van der Waals surface area contributed by atoms with Gasteiger partial charge >= 0.3 is 0 Å². The number of Topliss-reactive ketones (excluding diaryl/α,β-unsaturated/α-hetero) is 1. The van der Waals surface area contributed by atoms with Crippen molar-refractivity contribution < 1.29 is 23.8 Å². The highest BCUT2D eigenvalue weighted by Gasteiger charge is 2.44. The minimum absolute atomic E-state index is 0.0228. The molecule has 1 atom stereocenters. The van der Waals surface area contributed by atoms with E-state index in [0.29, 0.717) is 30.0 Å². The number of ketones is 1. The van der Waals surface area contributed by atoms with Crippen molar-refractivity contribution in [3.8, 4) is 5.75 Å². The second-order valence-electron chi connectivity index (χ2n) is 8.68. The van der Waals surface area contributed by atoms with Crippen molar-refractivity contribution in [3.63, 3.8) is 0 Å². The van der Waals surface area contributed by atoms with Crippen molar-refractivity contribution in [2.24, 2.45) is 0 Å². The molecule has 1 N–H and O–H groups in total. The van der Waals surface area contributed by atoms with Crippen molar-refractivity contribution in [1.82, 2.24) is 9.80 Å². The van der Waals surface area contributed by atoms with Crippen LogP contribution in [0.25, 0.3) is 11.0 Å². The molecule has 33 heavy (non-hydrogen) atoms. The minimum atomic E-state index is -0.730.